The Kier molecular flexibility index (Phi) is 4.39. The van der Waals surface area contributed by atoms with Crippen molar-refractivity contribution < 1.29 is 4.74 Å². The molecule has 3 rings (SSSR count). The molecule has 0 saturated carbocycles. The van der Waals surface area contributed by atoms with Crippen molar-refractivity contribution >= 4 is 11.8 Å². The lowest BCUT2D eigenvalue weighted by molar-refractivity contribution is 0.403. The minimum Gasteiger partial charge on any atom is -0.496 e. The predicted molar refractivity (Wildman–Crippen MR) is 87.1 cm³/mol. The fourth-order valence-corrected chi connectivity index (χ4v) is 2.70. The normalized spacial score (nSPS) is 10.6. The summed E-state index contributed by atoms with van der Waals surface area (Å²) in [5, 5.41) is 12.6. The zero-order valence-corrected chi connectivity index (χ0v) is 13.2. The first-order chi connectivity index (χ1) is 10.8. The van der Waals surface area contributed by atoms with Crippen LogP contribution < -0.4 is 4.74 Å². The third kappa shape index (κ3) is 3.12. The molecule has 1 heterocycles. The Morgan fingerprint density at radius 2 is 1.95 bits per heavy atom. The van der Waals surface area contributed by atoms with Crippen LogP contribution in [0.25, 0.3) is 11.4 Å². The Bertz CT molecular complexity index is 758. The summed E-state index contributed by atoms with van der Waals surface area (Å²) in [4.78, 5) is 2.71. The monoisotopic (exact) mass is 312 g/mol. The molecule has 0 saturated heterocycles. The highest BCUT2D eigenvalue weighted by Gasteiger charge is 2.08. The van der Waals surface area contributed by atoms with E-state index in [1.165, 1.54) is 0 Å². The lowest BCUT2D eigenvalue weighted by Crippen LogP contribution is -2.04. The number of benzene rings is 2. The maximum atomic E-state index is 5.40. The zero-order chi connectivity index (χ0) is 15.4. The molecular formula is C16H16N4OS. The van der Waals surface area contributed by atoms with Crippen LogP contribution in [0, 0.1) is 0 Å². The fourth-order valence-electron chi connectivity index (χ4n) is 2.16. The molecule has 22 heavy (non-hydrogen) atoms. The molecule has 0 spiro atoms. The molecule has 3 aromatic rings. The number of aromatic nitrogens is 4. The largest absolute Gasteiger partial charge is 0.496 e. The molecule has 0 aliphatic rings. The molecule has 0 N–H and O–H groups in total. The van der Waals surface area contributed by atoms with Gasteiger partial charge in [0.2, 0.25) is 5.82 Å². The Hall–Kier alpha value is -2.34. The van der Waals surface area contributed by atoms with Crippen LogP contribution in [-0.2, 0) is 6.54 Å². The maximum Gasteiger partial charge on any atom is 0.204 e. The standard InChI is InChI=1S/C16H16N4OS/c1-21-14-10-12(8-9-15(14)22-2)11-20-18-16(17-19-20)13-6-4-3-5-7-13/h3-10H,11H2,1-2H3. The van der Waals surface area contributed by atoms with Gasteiger partial charge in [0.15, 0.2) is 0 Å². The van der Waals surface area contributed by atoms with E-state index in [0.29, 0.717) is 12.4 Å². The molecule has 6 heteroatoms. The molecule has 0 radical (unpaired) electrons. The molecule has 0 amide bonds. The number of hydrogen-bond donors (Lipinski definition) is 0. The highest BCUT2D eigenvalue weighted by Crippen LogP contribution is 2.28. The lowest BCUT2D eigenvalue weighted by atomic mass is 10.2. The number of tetrazole rings is 1. The SMILES string of the molecule is COc1cc(Cn2nnc(-c3ccccc3)n2)ccc1SC. The quantitative estimate of drug-likeness (QED) is 0.678. The highest BCUT2D eigenvalue weighted by atomic mass is 32.2. The molecule has 0 unspecified atom stereocenters. The van der Waals surface area contributed by atoms with Crippen LogP contribution in [0.1, 0.15) is 5.56 Å². The Morgan fingerprint density at radius 3 is 2.68 bits per heavy atom. The number of methoxy groups -OCH3 is 1. The molecule has 0 bridgehead atoms. The smallest absolute Gasteiger partial charge is 0.204 e. The van der Waals surface area contributed by atoms with Gasteiger partial charge < -0.3 is 4.74 Å². The summed E-state index contributed by atoms with van der Waals surface area (Å²) in [6.45, 7) is 0.560. The van der Waals surface area contributed by atoms with Gasteiger partial charge in [0.05, 0.1) is 13.7 Å². The highest BCUT2D eigenvalue weighted by molar-refractivity contribution is 7.98. The zero-order valence-electron chi connectivity index (χ0n) is 12.4. The van der Waals surface area contributed by atoms with E-state index in [-0.39, 0.29) is 0 Å². The number of thioether (sulfide) groups is 1. The molecule has 0 atom stereocenters. The predicted octanol–water partition coefficient (Wildman–Crippen LogP) is 3.12. The maximum absolute atomic E-state index is 5.40. The van der Waals surface area contributed by atoms with Gasteiger partial charge in [-0.05, 0) is 29.2 Å². The summed E-state index contributed by atoms with van der Waals surface area (Å²) < 4.78 is 5.40. The molecule has 0 aliphatic carbocycles. The van der Waals surface area contributed by atoms with Gasteiger partial charge in [0, 0.05) is 10.5 Å². The van der Waals surface area contributed by atoms with Crippen LogP contribution in [-0.4, -0.2) is 33.6 Å². The lowest BCUT2D eigenvalue weighted by Gasteiger charge is -2.08. The van der Waals surface area contributed by atoms with Crippen molar-refractivity contribution in [3.8, 4) is 17.1 Å². The minimum atomic E-state index is 0.560. The molecule has 0 fully saturated rings. The van der Waals surface area contributed by atoms with Crippen LogP contribution >= 0.6 is 11.8 Å². The van der Waals surface area contributed by atoms with E-state index >= 15 is 0 Å². The van der Waals surface area contributed by atoms with Crippen molar-refractivity contribution in [3.05, 3.63) is 54.1 Å². The average Bonchev–Trinajstić information content (AvgIpc) is 3.04. The summed E-state index contributed by atoms with van der Waals surface area (Å²) in [6, 6.07) is 15.9. The third-order valence-corrected chi connectivity index (χ3v) is 4.03. The fraction of sp³-hybridized carbons (Fsp3) is 0.188. The second-order valence-electron chi connectivity index (χ2n) is 4.70. The molecule has 1 aromatic heterocycles. The van der Waals surface area contributed by atoms with E-state index in [9.17, 15) is 0 Å². The van der Waals surface area contributed by atoms with Crippen LogP contribution in [0.5, 0.6) is 5.75 Å². The van der Waals surface area contributed by atoms with Crippen molar-refractivity contribution in [1.82, 2.24) is 20.2 Å². The van der Waals surface area contributed by atoms with Gasteiger partial charge in [0.1, 0.15) is 5.75 Å². The molecular weight excluding hydrogens is 296 g/mol. The van der Waals surface area contributed by atoms with E-state index in [0.717, 1.165) is 21.8 Å². The average molecular weight is 312 g/mol. The number of nitrogens with zero attached hydrogens (tertiary/aromatic N) is 4. The van der Waals surface area contributed by atoms with E-state index in [4.69, 9.17) is 4.74 Å². The number of hydrogen-bond acceptors (Lipinski definition) is 5. The van der Waals surface area contributed by atoms with Crippen molar-refractivity contribution in [2.45, 2.75) is 11.4 Å². The third-order valence-electron chi connectivity index (χ3n) is 3.26. The van der Waals surface area contributed by atoms with Gasteiger partial charge in [-0.25, -0.2) is 0 Å². The van der Waals surface area contributed by atoms with Gasteiger partial charge >= 0.3 is 0 Å². The summed E-state index contributed by atoms with van der Waals surface area (Å²) in [5.74, 6) is 1.50. The van der Waals surface area contributed by atoms with E-state index in [1.54, 1.807) is 23.7 Å². The Balaban J connectivity index is 1.81. The van der Waals surface area contributed by atoms with Gasteiger partial charge in [0.25, 0.3) is 0 Å². The van der Waals surface area contributed by atoms with Crippen LogP contribution in [0.4, 0.5) is 0 Å². The molecule has 0 aliphatic heterocycles. The number of rotatable bonds is 5. The van der Waals surface area contributed by atoms with Crippen LogP contribution in [0.15, 0.2) is 53.4 Å². The summed E-state index contributed by atoms with van der Waals surface area (Å²) in [6.07, 6.45) is 2.03. The van der Waals surface area contributed by atoms with Gasteiger partial charge in [-0.15, -0.1) is 22.0 Å². The van der Waals surface area contributed by atoms with Crippen LogP contribution in [0.2, 0.25) is 0 Å². The second-order valence-corrected chi connectivity index (χ2v) is 5.55. The summed E-state index contributed by atoms with van der Waals surface area (Å²) >= 11 is 1.66. The first kappa shape index (κ1) is 14.6. The van der Waals surface area contributed by atoms with Gasteiger partial charge in [-0.2, -0.15) is 4.80 Å². The van der Waals surface area contributed by atoms with Crippen molar-refractivity contribution in [2.75, 3.05) is 13.4 Å². The van der Waals surface area contributed by atoms with E-state index < -0.39 is 0 Å². The van der Waals surface area contributed by atoms with Gasteiger partial charge in [-0.1, -0.05) is 36.4 Å². The Labute approximate surface area is 133 Å². The molecule has 5 nitrogen and oxygen atoms in total. The van der Waals surface area contributed by atoms with Crippen molar-refractivity contribution in [1.29, 1.82) is 0 Å². The second kappa shape index (κ2) is 6.62. The van der Waals surface area contributed by atoms with Gasteiger partial charge in [-0.3, -0.25) is 0 Å². The van der Waals surface area contributed by atoms with Crippen LogP contribution in [0.3, 0.4) is 0 Å². The summed E-state index contributed by atoms with van der Waals surface area (Å²) in [7, 11) is 1.68. The molecule has 2 aromatic carbocycles. The van der Waals surface area contributed by atoms with Crippen molar-refractivity contribution in [3.63, 3.8) is 0 Å². The van der Waals surface area contributed by atoms with E-state index in [1.807, 2.05) is 48.7 Å². The first-order valence-corrected chi connectivity index (χ1v) is 8.07. The van der Waals surface area contributed by atoms with Crippen molar-refractivity contribution in [2.24, 2.45) is 0 Å². The topological polar surface area (TPSA) is 52.8 Å². The molecule has 112 valence electrons. The first-order valence-electron chi connectivity index (χ1n) is 6.84. The Morgan fingerprint density at radius 1 is 1.14 bits per heavy atom. The minimum absolute atomic E-state index is 0.560. The summed E-state index contributed by atoms with van der Waals surface area (Å²) in [5.41, 5.74) is 2.04. The number of ether oxygens (including phenoxy) is 1. The van der Waals surface area contributed by atoms with E-state index in [2.05, 4.69) is 21.5 Å².